The molecule has 0 amide bonds. The number of hydrogen-bond donors (Lipinski definition) is 0. The number of aromatic nitrogens is 4. The van der Waals surface area contributed by atoms with E-state index in [4.69, 9.17) is 24.4 Å². The fourth-order valence-electron chi connectivity index (χ4n) is 4.94. The summed E-state index contributed by atoms with van der Waals surface area (Å²) in [5.41, 5.74) is 3.50. The third-order valence-electron chi connectivity index (χ3n) is 6.45. The summed E-state index contributed by atoms with van der Waals surface area (Å²) in [6, 6.07) is 14.4. The second kappa shape index (κ2) is 8.77. The molecule has 2 unspecified atom stereocenters. The lowest BCUT2D eigenvalue weighted by molar-refractivity contribution is -0.00570. The van der Waals surface area contributed by atoms with E-state index >= 15 is 0 Å². The highest BCUT2D eigenvalue weighted by molar-refractivity contribution is 5.95. The molecule has 1 aromatic carbocycles. The van der Waals surface area contributed by atoms with Crippen molar-refractivity contribution in [2.45, 2.75) is 26.1 Å². The predicted octanol–water partition coefficient (Wildman–Crippen LogP) is 3.69. The van der Waals surface area contributed by atoms with Crippen LogP contribution >= 0.6 is 0 Å². The fraction of sp³-hybridized carbons (Fsp3) is 0.385. The highest BCUT2D eigenvalue weighted by atomic mass is 16.5. The van der Waals surface area contributed by atoms with E-state index in [9.17, 15) is 0 Å². The van der Waals surface area contributed by atoms with Gasteiger partial charge in [-0.3, -0.25) is 4.98 Å². The van der Waals surface area contributed by atoms with Crippen LogP contribution in [0.2, 0.25) is 0 Å². The normalized spacial score (nSPS) is 21.4. The van der Waals surface area contributed by atoms with Crippen molar-refractivity contribution in [3.05, 3.63) is 48.7 Å². The first kappa shape index (κ1) is 21.2. The molecule has 2 aliphatic rings. The molecule has 8 heteroatoms. The zero-order valence-electron chi connectivity index (χ0n) is 19.5. The van der Waals surface area contributed by atoms with Crippen LogP contribution in [0, 0.1) is 0 Å². The van der Waals surface area contributed by atoms with Crippen LogP contribution in [0.3, 0.4) is 0 Å². The van der Waals surface area contributed by atoms with Gasteiger partial charge in [0.15, 0.2) is 5.65 Å². The molecule has 8 nitrogen and oxygen atoms in total. The Morgan fingerprint density at radius 1 is 0.853 bits per heavy atom. The van der Waals surface area contributed by atoms with E-state index in [-0.39, 0.29) is 12.2 Å². The number of para-hydroxylation sites is 1. The van der Waals surface area contributed by atoms with Crippen molar-refractivity contribution < 1.29 is 9.47 Å². The third-order valence-corrected chi connectivity index (χ3v) is 6.45. The van der Waals surface area contributed by atoms with Gasteiger partial charge in [0, 0.05) is 43.3 Å². The van der Waals surface area contributed by atoms with Gasteiger partial charge in [-0.15, -0.1) is 0 Å². The molecule has 5 heterocycles. The zero-order valence-corrected chi connectivity index (χ0v) is 19.5. The Bertz CT molecular complexity index is 1320. The van der Waals surface area contributed by atoms with Gasteiger partial charge in [0.1, 0.15) is 5.82 Å². The number of rotatable bonds is 3. The standard InChI is InChI=1S/C26H28N6O2/c1-17-15-32(16-18(2)34-17)26-29-24-21(25(30-26)31-11-13-33-14-12-31)8-9-22(28-24)20-7-3-5-19-6-4-10-27-23(19)20/h3-10,17-18H,11-16H2,1-2H3. The molecule has 2 saturated heterocycles. The molecule has 0 saturated carbocycles. The van der Waals surface area contributed by atoms with E-state index in [1.807, 2.05) is 18.3 Å². The molecule has 0 N–H and O–H groups in total. The lowest BCUT2D eigenvalue weighted by Crippen LogP contribution is -2.46. The highest BCUT2D eigenvalue weighted by Gasteiger charge is 2.26. The van der Waals surface area contributed by atoms with Gasteiger partial charge in [-0.25, -0.2) is 4.98 Å². The first-order valence-corrected chi connectivity index (χ1v) is 11.9. The number of pyridine rings is 2. The van der Waals surface area contributed by atoms with E-state index in [0.29, 0.717) is 24.8 Å². The van der Waals surface area contributed by atoms with Gasteiger partial charge < -0.3 is 19.3 Å². The molecular formula is C26H28N6O2. The molecule has 0 spiro atoms. The Morgan fingerprint density at radius 3 is 2.47 bits per heavy atom. The van der Waals surface area contributed by atoms with Gasteiger partial charge in [-0.1, -0.05) is 24.3 Å². The van der Waals surface area contributed by atoms with Gasteiger partial charge in [0.05, 0.1) is 42.0 Å². The summed E-state index contributed by atoms with van der Waals surface area (Å²) in [5.74, 6) is 1.63. The zero-order chi connectivity index (χ0) is 23.1. The van der Waals surface area contributed by atoms with Gasteiger partial charge in [-0.05, 0) is 32.0 Å². The van der Waals surface area contributed by atoms with Gasteiger partial charge in [-0.2, -0.15) is 9.97 Å². The van der Waals surface area contributed by atoms with E-state index in [1.54, 1.807) is 0 Å². The van der Waals surface area contributed by atoms with Crippen LogP contribution in [-0.2, 0) is 9.47 Å². The van der Waals surface area contributed by atoms with Crippen molar-refractivity contribution in [2.24, 2.45) is 0 Å². The van der Waals surface area contributed by atoms with Gasteiger partial charge in [0.25, 0.3) is 0 Å². The molecule has 2 aliphatic heterocycles. The summed E-state index contributed by atoms with van der Waals surface area (Å²) in [4.78, 5) is 24.2. The average molecular weight is 457 g/mol. The molecule has 0 bridgehead atoms. The average Bonchev–Trinajstić information content (AvgIpc) is 2.87. The molecule has 6 rings (SSSR count). The van der Waals surface area contributed by atoms with Crippen molar-refractivity contribution in [3.8, 4) is 11.3 Å². The van der Waals surface area contributed by atoms with E-state index in [1.165, 1.54) is 0 Å². The SMILES string of the molecule is CC1CN(c2nc(N3CCOCC3)c3ccc(-c4cccc5cccnc45)nc3n2)CC(C)O1. The highest BCUT2D eigenvalue weighted by Crippen LogP contribution is 2.31. The minimum atomic E-state index is 0.121. The number of benzene rings is 1. The van der Waals surface area contributed by atoms with Crippen molar-refractivity contribution >= 4 is 33.7 Å². The molecule has 2 fully saturated rings. The maximum absolute atomic E-state index is 5.94. The molecule has 0 radical (unpaired) electrons. The monoisotopic (exact) mass is 456 g/mol. The maximum atomic E-state index is 5.94. The second-order valence-electron chi connectivity index (χ2n) is 9.06. The fourth-order valence-corrected chi connectivity index (χ4v) is 4.94. The lowest BCUT2D eigenvalue weighted by atomic mass is 10.1. The molecule has 2 atom stereocenters. The first-order chi connectivity index (χ1) is 16.7. The number of anilines is 2. The van der Waals surface area contributed by atoms with E-state index in [0.717, 1.165) is 59.5 Å². The lowest BCUT2D eigenvalue weighted by Gasteiger charge is -2.36. The molecule has 34 heavy (non-hydrogen) atoms. The Balaban J connectivity index is 1.50. The summed E-state index contributed by atoms with van der Waals surface area (Å²) in [6.45, 7) is 8.69. The summed E-state index contributed by atoms with van der Waals surface area (Å²) in [5, 5.41) is 2.05. The van der Waals surface area contributed by atoms with Crippen molar-refractivity contribution in [1.29, 1.82) is 0 Å². The third kappa shape index (κ3) is 3.93. The van der Waals surface area contributed by atoms with Crippen LogP contribution in [0.4, 0.5) is 11.8 Å². The minimum Gasteiger partial charge on any atom is -0.378 e. The number of nitrogens with zero attached hydrogens (tertiary/aromatic N) is 6. The topological polar surface area (TPSA) is 76.5 Å². The number of morpholine rings is 2. The van der Waals surface area contributed by atoms with Gasteiger partial charge >= 0.3 is 0 Å². The second-order valence-corrected chi connectivity index (χ2v) is 9.06. The smallest absolute Gasteiger partial charge is 0.229 e. The summed E-state index contributed by atoms with van der Waals surface area (Å²) in [7, 11) is 0. The Kier molecular flexibility index (Phi) is 5.47. The Labute approximate surface area is 198 Å². The molecular weight excluding hydrogens is 428 g/mol. The van der Waals surface area contributed by atoms with Crippen LogP contribution in [0.25, 0.3) is 33.2 Å². The Hall–Kier alpha value is -3.36. The summed E-state index contributed by atoms with van der Waals surface area (Å²) in [6.07, 6.45) is 2.07. The van der Waals surface area contributed by atoms with Crippen LogP contribution in [0.1, 0.15) is 13.8 Å². The molecule has 4 aromatic rings. The quantitative estimate of drug-likeness (QED) is 0.462. The maximum Gasteiger partial charge on any atom is 0.229 e. The van der Waals surface area contributed by atoms with Crippen molar-refractivity contribution in [1.82, 2.24) is 19.9 Å². The van der Waals surface area contributed by atoms with Crippen LogP contribution in [0.5, 0.6) is 0 Å². The summed E-state index contributed by atoms with van der Waals surface area (Å²) < 4.78 is 11.5. The minimum absolute atomic E-state index is 0.121. The molecule has 174 valence electrons. The Morgan fingerprint density at radius 2 is 1.65 bits per heavy atom. The van der Waals surface area contributed by atoms with E-state index in [2.05, 4.69) is 59.0 Å². The summed E-state index contributed by atoms with van der Waals surface area (Å²) >= 11 is 0. The largest absolute Gasteiger partial charge is 0.378 e. The van der Waals surface area contributed by atoms with Crippen LogP contribution < -0.4 is 9.80 Å². The molecule has 3 aromatic heterocycles. The van der Waals surface area contributed by atoms with Crippen LogP contribution in [0.15, 0.2) is 48.7 Å². The first-order valence-electron chi connectivity index (χ1n) is 11.9. The number of hydrogen-bond acceptors (Lipinski definition) is 8. The molecule has 0 aliphatic carbocycles. The van der Waals surface area contributed by atoms with Crippen molar-refractivity contribution in [2.75, 3.05) is 49.2 Å². The predicted molar refractivity (Wildman–Crippen MR) is 133 cm³/mol. The number of fused-ring (bicyclic) bond motifs is 2. The van der Waals surface area contributed by atoms with Gasteiger partial charge in [0.2, 0.25) is 5.95 Å². The van der Waals surface area contributed by atoms with E-state index < -0.39 is 0 Å². The number of ether oxygens (including phenoxy) is 2. The van der Waals surface area contributed by atoms with Crippen molar-refractivity contribution in [3.63, 3.8) is 0 Å². The van der Waals surface area contributed by atoms with Crippen LogP contribution in [-0.4, -0.2) is 71.5 Å².